The number of nitrogens with zero attached hydrogens (tertiary/aromatic N) is 1. The van der Waals surface area contributed by atoms with Gasteiger partial charge in [0.2, 0.25) is 0 Å². The minimum atomic E-state index is -0.493. The molecule has 2 rings (SSSR count). The molecule has 1 heterocycles. The maximum absolute atomic E-state index is 9.81. The van der Waals surface area contributed by atoms with Crippen molar-refractivity contribution in [3.8, 4) is 0 Å². The lowest BCUT2D eigenvalue weighted by Gasteiger charge is -2.20. The van der Waals surface area contributed by atoms with Gasteiger partial charge in [0.15, 0.2) is 5.13 Å². The van der Waals surface area contributed by atoms with Crippen LogP contribution < -0.4 is 5.32 Å². The van der Waals surface area contributed by atoms with E-state index in [-0.39, 0.29) is 6.04 Å². The Bertz CT molecular complexity index is 543. The standard InChI is InChI=1S/C16H19BrN2OS.C2H6/c1-2-15(20)11-14(19-16-18-9-10-21-16)8-5-12-3-6-13(17)7-4-12;1-2/h2-4,6-7,9-10,14-15,20H,1,5,8,11H2,(H,18,19);1-2H3. The first-order valence-corrected chi connectivity index (χ1v) is 9.55. The third-order valence-electron chi connectivity index (χ3n) is 3.25. The molecule has 2 unspecified atom stereocenters. The molecule has 0 radical (unpaired) electrons. The van der Waals surface area contributed by atoms with Crippen LogP contribution in [0.5, 0.6) is 0 Å². The fraction of sp³-hybridized carbons (Fsp3) is 0.389. The number of aryl methyl sites for hydroxylation is 1. The molecule has 126 valence electrons. The van der Waals surface area contributed by atoms with Gasteiger partial charge in [0, 0.05) is 22.1 Å². The van der Waals surface area contributed by atoms with E-state index in [0.29, 0.717) is 6.42 Å². The Balaban J connectivity index is 0.00000127. The SMILES string of the molecule is C=CC(O)CC(CCc1ccc(Br)cc1)Nc1nccs1.CC. The van der Waals surface area contributed by atoms with Crippen LogP contribution in [0.4, 0.5) is 5.13 Å². The highest BCUT2D eigenvalue weighted by Crippen LogP contribution is 2.18. The van der Waals surface area contributed by atoms with Crippen LogP contribution in [0.3, 0.4) is 0 Å². The van der Waals surface area contributed by atoms with Crippen LogP contribution in [-0.2, 0) is 6.42 Å². The van der Waals surface area contributed by atoms with Gasteiger partial charge in [-0.25, -0.2) is 4.98 Å². The second-order valence-corrected chi connectivity index (χ2v) is 6.69. The van der Waals surface area contributed by atoms with Gasteiger partial charge in [0.05, 0.1) is 6.10 Å². The average molecular weight is 397 g/mol. The number of aromatic nitrogens is 1. The van der Waals surface area contributed by atoms with Crippen LogP contribution in [0, 0.1) is 0 Å². The van der Waals surface area contributed by atoms with E-state index in [0.717, 1.165) is 22.4 Å². The molecule has 0 spiro atoms. The Labute approximate surface area is 151 Å². The van der Waals surface area contributed by atoms with Crippen molar-refractivity contribution in [3.63, 3.8) is 0 Å². The largest absolute Gasteiger partial charge is 0.389 e. The molecule has 2 atom stereocenters. The molecule has 3 nitrogen and oxygen atoms in total. The van der Waals surface area contributed by atoms with Crippen LogP contribution in [0.2, 0.25) is 0 Å². The first-order chi connectivity index (χ1) is 11.2. The normalized spacial score (nSPS) is 12.7. The van der Waals surface area contributed by atoms with Crippen molar-refractivity contribution in [3.05, 3.63) is 58.5 Å². The van der Waals surface area contributed by atoms with Crippen LogP contribution in [0.1, 0.15) is 32.3 Å². The van der Waals surface area contributed by atoms with Crippen molar-refractivity contribution in [1.29, 1.82) is 0 Å². The minimum Gasteiger partial charge on any atom is -0.389 e. The van der Waals surface area contributed by atoms with E-state index in [1.807, 2.05) is 19.2 Å². The summed E-state index contributed by atoms with van der Waals surface area (Å²) >= 11 is 5.02. The predicted molar refractivity (Wildman–Crippen MR) is 104 cm³/mol. The van der Waals surface area contributed by atoms with E-state index in [4.69, 9.17) is 0 Å². The molecule has 0 aliphatic rings. The van der Waals surface area contributed by atoms with Crippen molar-refractivity contribution in [2.24, 2.45) is 0 Å². The van der Waals surface area contributed by atoms with Gasteiger partial charge < -0.3 is 10.4 Å². The number of aliphatic hydroxyl groups excluding tert-OH is 1. The minimum absolute atomic E-state index is 0.174. The van der Waals surface area contributed by atoms with Crippen LogP contribution >= 0.6 is 27.3 Å². The van der Waals surface area contributed by atoms with Gasteiger partial charge >= 0.3 is 0 Å². The number of anilines is 1. The zero-order valence-corrected chi connectivity index (χ0v) is 16.1. The van der Waals surface area contributed by atoms with E-state index in [9.17, 15) is 5.11 Å². The second kappa shape index (κ2) is 11.4. The first kappa shape index (κ1) is 19.9. The third-order valence-corrected chi connectivity index (χ3v) is 4.49. The zero-order chi connectivity index (χ0) is 17.1. The maximum Gasteiger partial charge on any atom is 0.182 e. The molecule has 0 amide bonds. The average Bonchev–Trinajstić information content (AvgIpc) is 3.09. The quantitative estimate of drug-likeness (QED) is 0.596. The smallest absolute Gasteiger partial charge is 0.182 e. The van der Waals surface area contributed by atoms with Crippen molar-refractivity contribution < 1.29 is 5.11 Å². The highest BCUT2D eigenvalue weighted by Gasteiger charge is 2.14. The molecule has 1 aromatic heterocycles. The van der Waals surface area contributed by atoms with E-state index in [1.54, 1.807) is 23.6 Å². The third kappa shape index (κ3) is 7.77. The van der Waals surface area contributed by atoms with Crippen LogP contribution in [-0.4, -0.2) is 22.2 Å². The van der Waals surface area contributed by atoms with E-state index >= 15 is 0 Å². The Kier molecular flexibility index (Phi) is 9.83. The molecular weight excluding hydrogens is 372 g/mol. The molecule has 2 N–H and O–H groups in total. The summed E-state index contributed by atoms with van der Waals surface area (Å²) in [6, 6.07) is 8.52. The number of hydrogen-bond donors (Lipinski definition) is 2. The molecule has 2 aromatic rings. The maximum atomic E-state index is 9.81. The first-order valence-electron chi connectivity index (χ1n) is 7.88. The summed E-state index contributed by atoms with van der Waals surface area (Å²) in [6.45, 7) is 7.64. The van der Waals surface area contributed by atoms with E-state index in [1.165, 1.54) is 5.56 Å². The number of thiazole rings is 1. The number of hydrogen-bond acceptors (Lipinski definition) is 4. The summed E-state index contributed by atoms with van der Waals surface area (Å²) in [5.41, 5.74) is 1.29. The molecule has 0 fully saturated rings. The fourth-order valence-corrected chi connectivity index (χ4v) is 2.97. The number of aliphatic hydroxyl groups is 1. The Morgan fingerprint density at radius 1 is 1.35 bits per heavy atom. The molecule has 0 aliphatic carbocycles. The molecule has 0 saturated heterocycles. The van der Waals surface area contributed by atoms with E-state index < -0.39 is 6.10 Å². The summed E-state index contributed by atoms with van der Waals surface area (Å²) in [5, 5.41) is 16.0. The Morgan fingerprint density at radius 3 is 2.61 bits per heavy atom. The van der Waals surface area contributed by atoms with Crippen molar-refractivity contribution in [2.75, 3.05) is 5.32 Å². The summed E-state index contributed by atoms with van der Waals surface area (Å²) < 4.78 is 1.09. The molecule has 0 saturated carbocycles. The van der Waals surface area contributed by atoms with Gasteiger partial charge in [-0.05, 0) is 37.0 Å². The van der Waals surface area contributed by atoms with Crippen molar-refractivity contribution in [2.45, 2.75) is 45.3 Å². The van der Waals surface area contributed by atoms with Gasteiger partial charge in [-0.3, -0.25) is 0 Å². The monoisotopic (exact) mass is 396 g/mol. The van der Waals surface area contributed by atoms with Crippen molar-refractivity contribution >= 4 is 32.4 Å². The Morgan fingerprint density at radius 2 is 2.04 bits per heavy atom. The zero-order valence-electron chi connectivity index (χ0n) is 13.7. The van der Waals surface area contributed by atoms with E-state index in [2.05, 4.69) is 57.1 Å². The molecule has 1 aromatic carbocycles. The molecule has 23 heavy (non-hydrogen) atoms. The lowest BCUT2D eigenvalue weighted by molar-refractivity contribution is 0.204. The predicted octanol–water partition coefficient (Wildman–Crippen LogP) is 5.28. The molecular formula is C18H25BrN2OS. The highest BCUT2D eigenvalue weighted by molar-refractivity contribution is 9.10. The molecule has 0 bridgehead atoms. The van der Waals surface area contributed by atoms with Gasteiger partial charge in [0.25, 0.3) is 0 Å². The number of nitrogens with one attached hydrogen (secondary N) is 1. The number of halogens is 1. The number of benzene rings is 1. The van der Waals surface area contributed by atoms with Gasteiger partial charge in [-0.2, -0.15) is 0 Å². The summed E-state index contributed by atoms with van der Waals surface area (Å²) in [5.74, 6) is 0. The molecule has 5 heteroatoms. The van der Waals surface area contributed by atoms with Crippen LogP contribution in [0.25, 0.3) is 0 Å². The molecule has 0 aliphatic heterocycles. The lowest BCUT2D eigenvalue weighted by atomic mass is 10.0. The van der Waals surface area contributed by atoms with Gasteiger partial charge in [0.1, 0.15) is 0 Å². The topological polar surface area (TPSA) is 45.1 Å². The number of rotatable bonds is 8. The lowest BCUT2D eigenvalue weighted by Crippen LogP contribution is -2.25. The van der Waals surface area contributed by atoms with Crippen molar-refractivity contribution in [1.82, 2.24) is 4.98 Å². The van der Waals surface area contributed by atoms with Gasteiger partial charge in [-0.1, -0.05) is 48.0 Å². The Hall–Kier alpha value is -1.17. The van der Waals surface area contributed by atoms with Gasteiger partial charge in [-0.15, -0.1) is 17.9 Å². The van der Waals surface area contributed by atoms with Crippen LogP contribution in [0.15, 0.2) is 53.0 Å². The highest BCUT2D eigenvalue weighted by atomic mass is 79.9. The second-order valence-electron chi connectivity index (χ2n) is 4.88. The summed E-state index contributed by atoms with van der Waals surface area (Å²) in [7, 11) is 0. The fourth-order valence-electron chi connectivity index (χ4n) is 2.10. The summed E-state index contributed by atoms with van der Waals surface area (Å²) in [4.78, 5) is 4.25. The summed E-state index contributed by atoms with van der Waals surface area (Å²) in [6.07, 6.45) is 5.40.